The Morgan fingerprint density at radius 3 is 2.61 bits per heavy atom. The van der Waals surface area contributed by atoms with E-state index >= 15 is 0 Å². The van der Waals surface area contributed by atoms with E-state index in [1.807, 2.05) is 0 Å². The molecule has 0 atom stereocenters. The van der Waals surface area contributed by atoms with E-state index in [2.05, 4.69) is 14.9 Å². The fourth-order valence-corrected chi connectivity index (χ4v) is 1.21. The van der Waals surface area contributed by atoms with Crippen LogP contribution >= 0.6 is 0 Å². The van der Waals surface area contributed by atoms with Crippen LogP contribution < -0.4 is 0 Å². The highest BCUT2D eigenvalue weighted by atomic mass is 16.7. The van der Waals surface area contributed by atoms with Crippen molar-refractivity contribution in [3.63, 3.8) is 0 Å². The highest BCUT2D eigenvalue weighted by Gasteiger charge is 2.32. The first-order valence-electron chi connectivity index (χ1n) is 5.30. The quantitative estimate of drug-likeness (QED) is 0.213. The minimum Gasteiger partial charge on any atom is -0.381 e. The Balaban J connectivity index is 2.15. The second-order valence-corrected chi connectivity index (χ2v) is 3.36. The average Bonchev–Trinajstić information content (AvgIpc) is 2.65. The van der Waals surface area contributed by atoms with Crippen LogP contribution in [0.2, 0.25) is 0 Å². The number of amides is 2. The van der Waals surface area contributed by atoms with E-state index < -0.39 is 17.8 Å². The Morgan fingerprint density at radius 1 is 1.33 bits per heavy atom. The number of rotatable bonds is 7. The third-order valence-corrected chi connectivity index (χ3v) is 2.05. The summed E-state index contributed by atoms with van der Waals surface area (Å²) >= 11 is 0. The predicted molar refractivity (Wildman–Crippen MR) is 56.6 cm³/mol. The third kappa shape index (κ3) is 4.40. The molecule has 1 saturated heterocycles. The second-order valence-electron chi connectivity index (χ2n) is 3.36. The number of ether oxygens (including phenoxy) is 1. The van der Waals surface area contributed by atoms with E-state index in [-0.39, 0.29) is 39.0 Å². The minimum absolute atomic E-state index is 0.0643. The number of nitrogens with zero attached hydrogens (tertiary/aromatic N) is 4. The van der Waals surface area contributed by atoms with Crippen molar-refractivity contribution in [1.29, 1.82) is 0 Å². The summed E-state index contributed by atoms with van der Waals surface area (Å²) in [5.41, 5.74) is 7.98. The van der Waals surface area contributed by atoms with E-state index in [0.29, 0.717) is 5.06 Å². The first-order valence-corrected chi connectivity index (χ1v) is 5.30. The van der Waals surface area contributed by atoms with Crippen LogP contribution in [-0.4, -0.2) is 42.6 Å². The molecule has 98 valence electrons. The Kier molecular flexibility index (Phi) is 5.62. The summed E-state index contributed by atoms with van der Waals surface area (Å²) in [6, 6.07) is 0. The van der Waals surface area contributed by atoms with Gasteiger partial charge in [0.2, 0.25) is 0 Å². The molecule has 2 amide bonds. The molecule has 0 radical (unpaired) electrons. The van der Waals surface area contributed by atoms with Gasteiger partial charge in [-0.1, -0.05) is 5.11 Å². The van der Waals surface area contributed by atoms with Crippen LogP contribution in [-0.2, 0) is 24.0 Å². The summed E-state index contributed by atoms with van der Waals surface area (Å²) in [6.07, 6.45) is 0.0386. The number of carbonyl (C=O) groups excluding carboxylic acids is 3. The molecule has 0 aromatic heterocycles. The number of azide groups is 1. The van der Waals surface area contributed by atoms with Gasteiger partial charge in [-0.05, 0) is 5.53 Å². The van der Waals surface area contributed by atoms with Crippen LogP contribution in [0.4, 0.5) is 0 Å². The van der Waals surface area contributed by atoms with Gasteiger partial charge in [0.1, 0.15) is 0 Å². The van der Waals surface area contributed by atoms with E-state index in [1.54, 1.807) is 0 Å². The lowest BCUT2D eigenvalue weighted by atomic mass is 10.4. The van der Waals surface area contributed by atoms with Gasteiger partial charge < -0.3 is 9.57 Å². The summed E-state index contributed by atoms with van der Waals surface area (Å²) in [4.78, 5) is 40.6. The monoisotopic (exact) mass is 256 g/mol. The molecule has 0 N–H and O–H groups in total. The Labute approximate surface area is 102 Å². The molecule has 1 heterocycles. The molecule has 0 aliphatic carbocycles. The molecule has 1 rings (SSSR count). The molecule has 0 aromatic rings. The zero-order valence-electron chi connectivity index (χ0n) is 9.57. The predicted octanol–water partition coefficient (Wildman–Crippen LogP) is 0.311. The molecule has 0 bridgehead atoms. The zero-order valence-corrected chi connectivity index (χ0v) is 9.57. The van der Waals surface area contributed by atoms with Crippen molar-refractivity contribution in [2.45, 2.75) is 19.3 Å². The number of carbonyl (C=O) groups is 3. The molecule has 18 heavy (non-hydrogen) atoms. The standard InChI is InChI=1S/C9H12N4O5/c10-12-11-4-6-17-5-3-9(16)18-13-7(14)1-2-8(13)15/h1-6H2. The van der Waals surface area contributed by atoms with Crippen LogP contribution in [0.1, 0.15) is 19.3 Å². The molecule has 0 unspecified atom stereocenters. The van der Waals surface area contributed by atoms with E-state index in [4.69, 9.17) is 10.3 Å². The van der Waals surface area contributed by atoms with E-state index in [9.17, 15) is 14.4 Å². The molecular weight excluding hydrogens is 244 g/mol. The molecule has 0 saturated carbocycles. The number of hydrogen-bond acceptors (Lipinski definition) is 6. The third-order valence-electron chi connectivity index (χ3n) is 2.05. The molecule has 0 spiro atoms. The van der Waals surface area contributed by atoms with Crippen molar-refractivity contribution in [1.82, 2.24) is 5.06 Å². The minimum atomic E-state index is -0.720. The number of imide groups is 1. The lowest BCUT2D eigenvalue weighted by Crippen LogP contribution is -2.32. The summed E-state index contributed by atoms with van der Waals surface area (Å²) in [7, 11) is 0. The van der Waals surface area contributed by atoms with Gasteiger partial charge in [0.25, 0.3) is 11.8 Å². The lowest BCUT2D eigenvalue weighted by molar-refractivity contribution is -0.198. The number of hydrogen-bond donors (Lipinski definition) is 0. The fraction of sp³-hybridized carbons (Fsp3) is 0.667. The topological polar surface area (TPSA) is 122 Å². The van der Waals surface area contributed by atoms with Crippen molar-refractivity contribution >= 4 is 17.8 Å². The van der Waals surface area contributed by atoms with Crippen molar-refractivity contribution in [2.75, 3.05) is 19.8 Å². The summed E-state index contributed by atoms with van der Waals surface area (Å²) in [5.74, 6) is -1.75. The van der Waals surface area contributed by atoms with Gasteiger partial charge in [0.15, 0.2) is 0 Å². The average molecular weight is 256 g/mol. The van der Waals surface area contributed by atoms with Crippen molar-refractivity contribution in [3.05, 3.63) is 10.4 Å². The Morgan fingerprint density at radius 2 is 2.00 bits per heavy atom. The zero-order chi connectivity index (χ0) is 13.4. The lowest BCUT2D eigenvalue weighted by Gasteiger charge is -2.12. The van der Waals surface area contributed by atoms with E-state index in [1.165, 1.54) is 0 Å². The van der Waals surface area contributed by atoms with Crippen LogP contribution in [0.3, 0.4) is 0 Å². The number of hydroxylamine groups is 2. The maximum absolute atomic E-state index is 11.2. The Hall–Kier alpha value is -2.12. The van der Waals surface area contributed by atoms with Crippen LogP contribution in [0.15, 0.2) is 5.11 Å². The molecule has 1 fully saturated rings. The molecule has 1 aliphatic rings. The van der Waals surface area contributed by atoms with Gasteiger partial charge in [-0.15, -0.1) is 5.06 Å². The van der Waals surface area contributed by atoms with Gasteiger partial charge >= 0.3 is 5.97 Å². The van der Waals surface area contributed by atoms with Gasteiger partial charge in [-0.25, -0.2) is 4.79 Å². The summed E-state index contributed by atoms with van der Waals surface area (Å²) in [5, 5.41) is 3.72. The largest absolute Gasteiger partial charge is 0.381 e. The first-order chi connectivity index (χ1) is 8.65. The van der Waals surface area contributed by atoms with Crippen LogP contribution in [0, 0.1) is 0 Å². The fourth-order valence-electron chi connectivity index (χ4n) is 1.21. The van der Waals surface area contributed by atoms with Crippen molar-refractivity contribution in [2.24, 2.45) is 5.11 Å². The molecule has 1 aliphatic heterocycles. The summed E-state index contributed by atoms with van der Waals surface area (Å²) in [6.45, 7) is 0.434. The highest BCUT2D eigenvalue weighted by Crippen LogP contribution is 2.12. The second kappa shape index (κ2) is 7.25. The van der Waals surface area contributed by atoms with Crippen molar-refractivity contribution in [3.8, 4) is 0 Å². The first kappa shape index (κ1) is 13.9. The van der Waals surface area contributed by atoms with Crippen LogP contribution in [0.25, 0.3) is 10.4 Å². The van der Waals surface area contributed by atoms with Gasteiger partial charge in [-0.3, -0.25) is 9.59 Å². The SMILES string of the molecule is [N-]=[N+]=NCCOCCC(=O)ON1C(=O)CCC1=O. The van der Waals surface area contributed by atoms with E-state index in [0.717, 1.165) is 0 Å². The summed E-state index contributed by atoms with van der Waals surface area (Å²) < 4.78 is 4.97. The normalized spacial score (nSPS) is 14.6. The smallest absolute Gasteiger partial charge is 0.335 e. The molecule has 0 aromatic carbocycles. The van der Waals surface area contributed by atoms with Crippen LogP contribution in [0.5, 0.6) is 0 Å². The van der Waals surface area contributed by atoms with Gasteiger partial charge in [0.05, 0.1) is 19.6 Å². The maximum atomic E-state index is 11.2. The van der Waals surface area contributed by atoms with Crippen molar-refractivity contribution < 1.29 is 24.0 Å². The highest BCUT2D eigenvalue weighted by molar-refractivity contribution is 6.01. The van der Waals surface area contributed by atoms with Gasteiger partial charge in [-0.2, -0.15) is 0 Å². The molecule has 9 heteroatoms. The molecule has 9 nitrogen and oxygen atoms in total. The Bertz CT molecular complexity index is 374. The maximum Gasteiger partial charge on any atom is 0.335 e. The molecular formula is C9H12N4O5. The van der Waals surface area contributed by atoms with Gasteiger partial charge in [0, 0.05) is 24.3 Å².